The predicted octanol–water partition coefficient (Wildman–Crippen LogP) is 6.42. The molecule has 0 saturated carbocycles. The number of benzene rings is 5. The fourth-order valence-corrected chi connectivity index (χ4v) is 3.09. The lowest BCUT2D eigenvalue weighted by molar-refractivity contribution is 1.73. The molecule has 0 fully saturated rings. The lowest BCUT2D eigenvalue weighted by Gasteiger charge is -2.00. The van der Waals surface area contributed by atoms with Gasteiger partial charge < -0.3 is 5.73 Å². The second-order valence-electron chi connectivity index (χ2n) is 6.15. The van der Waals surface area contributed by atoms with Gasteiger partial charge in [-0.3, -0.25) is 0 Å². The minimum atomic E-state index is 0.823. The van der Waals surface area contributed by atoms with E-state index in [-0.39, 0.29) is 0 Å². The van der Waals surface area contributed by atoms with Gasteiger partial charge in [-0.1, -0.05) is 78.9 Å². The molecule has 0 saturated heterocycles. The number of anilines is 1. The Morgan fingerprint density at radius 1 is 0.360 bits per heavy atom. The lowest BCUT2D eigenvalue weighted by Crippen LogP contribution is -1.82. The Morgan fingerprint density at radius 3 is 1.16 bits per heavy atom. The Morgan fingerprint density at radius 2 is 0.720 bits per heavy atom. The van der Waals surface area contributed by atoms with Crippen LogP contribution in [0.3, 0.4) is 0 Å². The van der Waals surface area contributed by atoms with Crippen LogP contribution in [0.1, 0.15) is 0 Å². The summed E-state index contributed by atoms with van der Waals surface area (Å²) in [5.74, 6) is 0. The van der Waals surface area contributed by atoms with Crippen LogP contribution in [0.15, 0.2) is 103 Å². The first-order valence-electron chi connectivity index (χ1n) is 8.41. The second-order valence-corrected chi connectivity index (χ2v) is 6.15. The molecule has 0 amide bonds. The van der Waals surface area contributed by atoms with Crippen molar-refractivity contribution in [3.63, 3.8) is 0 Å². The fourth-order valence-electron chi connectivity index (χ4n) is 3.09. The predicted molar refractivity (Wildman–Crippen MR) is 110 cm³/mol. The Bertz CT molecular complexity index is 1050. The van der Waals surface area contributed by atoms with Crippen molar-refractivity contribution in [3.05, 3.63) is 103 Å². The third-order valence-corrected chi connectivity index (χ3v) is 4.39. The first-order chi connectivity index (χ1) is 12.3. The normalized spacial score (nSPS) is 10.6. The highest BCUT2D eigenvalue weighted by Gasteiger charge is 1.95. The molecule has 0 heterocycles. The Hall–Kier alpha value is -3.32. The molecule has 0 unspecified atom stereocenters. The lowest BCUT2D eigenvalue weighted by atomic mass is 10.0. The van der Waals surface area contributed by atoms with E-state index in [4.69, 9.17) is 5.73 Å². The summed E-state index contributed by atoms with van der Waals surface area (Å²) in [5, 5.41) is 7.68. The average molecular weight is 321 g/mol. The molecule has 1 nitrogen and oxygen atoms in total. The van der Waals surface area contributed by atoms with E-state index in [1.807, 2.05) is 30.3 Å². The zero-order valence-corrected chi connectivity index (χ0v) is 13.9. The van der Waals surface area contributed by atoms with Crippen molar-refractivity contribution in [2.45, 2.75) is 0 Å². The largest absolute Gasteiger partial charge is 0.399 e. The number of nitrogen functional groups attached to an aromatic ring is 1. The van der Waals surface area contributed by atoms with Crippen LogP contribution in [0.25, 0.3) is 32.3 Å². The van der Waals surface area contributed by atoms with Gasteiger partial charge >= 0.3 is 0 Å². The van der Waals surface area contributed by atoms with Crippen molar-refractivity contribution in [3.8, 4) is 0 Å². The summed E-state index contributed by atoms with van der Waals surface area (Å²) in [7, 11) is 0. The van der Waals surface area contributed by atoms with Gasteiger partial charge in [0.25, 0.3) is 0 Å². The molecule has 0 aliphatic carbocycles. The van der Waals surface area contributed by atoms with E-state index in [9.17, 15) is 0 Å². The van der Waals surface area contributed by atoms with E-state index in [2.05, 4.69) is 72.8 Å². The highest BCUT2D eigenvalue weighted by Crippen LogP contribution is 2.22. The van der Waals surface area contributed by atoms with E-state index in [0.717, 1.165) is 5.69 Å². The van der Waals surface area contributed by atoms with Crippen molar-refractivity contribution in [1.82, 2.24) is 0 Å². The van der Waals surface area contributed by atoms with Gasteiger partial charge in [-0.15, -0.1) is 0 Å². The summed E-state index contributed by atoms with van der Waals surface area (Å²) < 4.78 is 0. The standard InChI is InChI=1S/C14H10.C10H9N/c1-2-6-12-10-14-8-4-3-7-13(14)9-11(12)5-1;11-10-6-5-8-3-1-2-4-9(8)7-10/h1-10H;1-7H,11H2. The van der Waals surface area contributed by atoms with Gasteiger partial charge in [0.15, 0.2) is 0 Å². The maximum absolute atomic E-state index is 5.62. The quantitative estimate of drug-likeness (QED) is 0.259. The second kappa shape index (κ2) is 6.66. The number of fused-ring (bicyclic) bond motifs is 3. The molecule has 0 aliphatic heterocycles. The molecular weight excluding hydrogens is 302 g/mol. The molecule has 120 valence electrons. The maximum Gasteiger partial charge on any atom is 0.0320 e. The average Bonchev–Trinajstić information content (AvgIpc) is 2.66. The van der Waals surface area contributed by atoms with Gasteiger partial charge in [0.2, 0.25) is 0 Å². The topological polar surface area (TPSA) is 26.0 Å². The molecule has 0 bridgehead atoms. The van der Waals surface area contributed by atoms with Crippen molar-refractivity contribution in [2.75, 3.05) is 5.73 Å². The zero-order valence-electron chi connectivity index (χ0n) is 13.9. The number of rotatable bonds is 0. The van der Waals surface area contributed by atoms with Crippen molar-refractivity contribution in [2.24, 2.45) is 0 Å². The van der Waals surface area contributed by atoms with Gasteiger partial charge in [-0.25, -0.2) is 0 Å². The monoisotopic (exact) mass is 321 g/mol. The maximum atomic E-state index is 5.62. The molecule has 0 atom stereocenters. The van der Waals surface area contributed by atoms with E-state index >= 15 is 0 Å². The highest BCUT2D eigenvalue weighted by molar-refractivity contribution is 5.98. The Balaban J connectivity index is 0.000000129. The van der Waals surface area contributed by atoms with Crippen LogP contribution in [-0.2, 0) is 0 Å². The molecule has 0 radical (unpaired) electrons. The first-order valence-corrected chi connectivity index (χ1v) is 8.41. The molecular formula is C24H19N. The van der Waals surface area contributed by atoms with E-state index in [1.54, 1.807) is 0 Å². The first kappa shape index (κ1) is 15.2. The van der Waals surface area contributed by atoms with Gasteiger partial charge in [-0.2, -0.15) is 0 Å². The summed E-state index contributed by atoms with van der Waals surface area (Å²) >= 11 is 0. The smallest absolute Gasteiger partial charge is 0.0320 e. The third kappa shape index (κ3) is 3.31. The molecule has 1 heteroatoms. The van der Waals surface area contributed by atoms with Gasteiger partial charge in [0.1, 0.15) is 0 Å². The van der Waals surface area contributed by atoms with Gasteiger partial charge in [0.05, 0.1) is 0 Å². The van der Waals surface area contributed by atoms with Crippen LogP contribution >= 0.6 is 0 Å². The number of nitrogens with two attached hydrogens (primary N) is 1. The summed E-state index contributed by atoms with van der Waals surface area (Å²) in [4.78, 5) is 0. The molecule has 0 spiro atoms. The molecule has 2 N–H and O–H groups in total. The SMILES string of the molecule is Nc1ccc2ccccc2c1.c1ccc2cc3ccccc3cc2c1. The molecule has 5 aromatic carbocycles. The summed E-state index contributed by atoms with van der Waals surface area (Å²) in [6.45, 7) is 0. The van der Waals surface area contributed by atoms with Crippen LogP contribution in [0, 0.1) is 0 Å². The molecule has 25 heavy (non-hydrogen) atoms. The minimum absolute atomic E-state index is 0.823. The summed E-state index contributed by atoms with van der Waals surface area (Å²) in [5.41, 5.74) is 6.45. The van der Waals surface area contributed by atoms with E-state index < -0.39 is 0 Å². The number of hydrogen-bond donors (Lipinski definition) is 1. The van der Waals surface area contributed by atoms with Crippen molar-refractivity contribution in [1.29, 1.82) is 0 Å². The summed E-state index contributed by atoms with van der Waals surface area (Å²) in [6.07, 6.45) is 0. The molecule has 0 aliphatic rings. The fraction of sp³-hybridized carbons (Fsp3) is 0. The molecule has 0 aromatic heterocycles. The Kier molecular flexibility index (Phi) is 4.05. The van der Waals surface area contributed by atoms with Gasteiger partial charge in [-0.05, 0) is 56.6 Å². The zero-order chi connectivity index (χ0) is 17.1. The van der Waals surface area contributed by atoms with Crippen LogP contribution in [0.2, 0.25) is 0 Å². The molecule has 5 aromatic rings. The Labute approximate surface area is 147 Å². The third-order valence-electron chi connectivity index (χ3n) is 4.39. The van der Waals surface area contributed by atoms with Crippen LogP contribution in [-0.4, -0.2) is 0 Å². The van der Waals surface area contributed by atoms with E-state index in [0.29, 0.717) is 0 Å². The minimum Gasteiger partial charge on any atom is -0.399 e. The van der Waals surface area contributed by atoms with Crippen molar-refractivity contribution >= 4 is 38.0 Å². The number of hydrogen-bond acceptors (Lipinski definition) is 1. The molecule has 5 rings (SSSR count). The summed E-state index contributed by atoms with van der Waals surface area (Å²) in [6, 6.07) is 35.5. The van der Waals surface area contributed by atoms with E-state index in [1.165, 1.54) is 32.3 Å². The van der Waals surface area contributed by atoms with Gasteiger partial charge in [0, 0.05) is 5.69 Å². The highest BCUT2D eigenvalue weighted by atomic mass is 14.5. The van der Waals surface area contributed by atoms with Crippen molar-refractivity contribution < 1.29 is 0 Å². The van der Waals surface area contributed by atoms with Crippen LogP contribution in [0.5, 0.6) is 0 Å². The van der Waals surface area contributed by atoms with Crippen LogP contribution < -0.4 is 5.73 Å². The van der Waals surface area contributed by atoms with Crippen LogP contribution in [0.4, 0.5) is 5.69 Å².